The highest BCUT2D eigenvalue weighted by Gasteiger charge is 2.15. The van der Waals surface area contributed by atoms with Crippen molar-refractivity contribution in [3.05, 3.63) is 6.92 Å². The Kier molecular flexibility index (Phi) is 8.89. The van der Waals surface area contributed by atoms with Crippen LogP contribution in [0.1, 0.15) is 54.4 Å². The Morgan fingerprint density at radius 1 is 1.17 bits per heavy atom. The summed E-state index contributed by atoms with van der Waals surface area (Å²) >= 11 is 0. The fraction of sp³-hybridized carbons (Fsp3) is 0.938. The second-order valence-electron chi connectivity index (χ2n) is 6.81. The summed E-state index contributed by atoms with van der Waals surface area (Å²) in [6.45, 7) is 21.1. The van der Waals surface area contributed by atoms with Gasteiger partial charge in [-0.05, 0) is 50.1 Å². The molecule has 2 nitrogen and oxygen atoms in total. The average Bonchev–Trinajstić information content (AvgIpc) is 2.31. The molecule has 0 aromatic rings. The Morgan fingerprint density at radius 2 is 1.78 bits per heavy atom. The molecule has 0 aliphatic rings. The summed E-state index contributed by atoms with van der Waals surface area (Å²) in [6.07, 6.45) is 2.31. The fourth-order valence-corrected chi connectivity index (χ4v) is 1.49. The van der Waals surface area contributed by atoms with Crippen LogP contribution in [0.2, 0.25) is 0 Å². The Balaban J connectivity index is 3.57. The molecule has 2 heteroatoms. The Hall–Kier alpha value is -0.0800. The van der Waals surface area contributed by atoms with E-state index < -0.39 is 0 Å². The van der Waals surface area contributed by atoms with E-state index in [0.29, 0.717) is 11.5 Å². The van der Waals surface area contributed by atoms with Gasteiger partial charge in [-0.25, -0.2) is 0 Å². The normalized spacial score (nSPS) is 16.0. The molecule has 0 bridgehead atoms. The predicted octanol–water partition coefficient (Wildman–Crippen LogP) is 3.49. The van der Waals surface area contributed by atoms with Crippen LogP contribution in [0.5, 0.6) is 0 Å². The van der Waals surface area contributed by atoms with Crippen molar-refractivity contribution < 1.29 is 0 Å². The van der Waals surface area contributed by atoms with E-state index in [4.69, 9.17) is 0 Å². The van der Waals surface area contributed by atoms with E-state index in [1.807, 2.05) is 0 Å². The smallest absolute Gasteiger partial charge is 0.00799 e. The van der Waals surface area contributed by atoms with Gasteiger partial charge >= 0.3 is 0 Å². The third kappa shape index (κ3) is 8.93. The summed E-state index contributed by atoms with van der Waals surface area (Å²) in [6, 6.07) is 0.359. The monoisotopic (exact) mass is 255 g/mol. The van der Waals surface area contributed by atoms with Crippen LogP contribution in [0.3, 0.4) is 0 Å². The highest BCUT2D eigenvalue weighted by atomic mass is 14.9. The lowest BCUT2D eigenvalue weighted by molar-refractivity contribution is 0.312. The van der Waals surface area contributed by atoms with Crippen molar-refractivity contribution in [1.82, 2.24) is 10.6 Å². The molecule has 0 aliphatic carbocycles. The zero-order valence-corrected chi connectivity index (χ0v) is 13.5. The van der Waals surface area contributed by atoms with E-state index in [0.717, 1.165) is 37.9 Å². The van der Waals surface area contributed by atoms with Gasteiger partial charge in [0.1, 0.15) is 0 Å². The quantitative estimate of drug-likeness (QED) is 0.584. The van der Waals surface area contributed by atoms with Crippen molar-refractivity contribution >= 4 is 0 Å². The van der Waals surface area contributed by atoms with Crippen molar-refractivity contribution in [3.63, 3.8) is 0 Å². The Labute approximate surface area is 115 Å². The molecule has 2 atom stereocenters. The first-order valence-electron chi connectivity index (χ1n) is 7.55. The van der Waals surface area contributed by atoms with Gasteiger partial charge in [-0.15, -0.1) is 0 Å². The molecule has 0 aromatic carbocycles. The van der Waals surface area contributed by atoms with Crippen LogP contribution in [-0.2, 0) is 0 Å². The van der Waals surface area contributed by atoms with E-state index in [2.05, 4.69) is 59.1 Å². The van der Waals surface area contributed by atoms with Crippen molar-refractivity contribution in [1.29, 1.82) is 0 Å². The minimum absolute atomic E-state index is 0.359. The Bertz CT molecular complexity index is 199. The number of nitrogens with one attached hydrogen (secondary N) is 2. The lowest BCUT2D eigenvalue weighted by atomic mass is 9.90. The summed E-state index contributed by atoms with van der Waals surface area (Å²) < 4.78 is 0. The molecule has 0 heterocycles. The van der Waals surface area contributed by atoms with Gasteiger partial charge in [0.2, 0.25) is 0 Å². The molecular formula is C16H35N2. The number of hydrogen-bond acceptors (Lipinski definition) is 2. The maximum absolute atomic E-state index is 4.18. The van der Waals surface area contributed by atoms with Crippen LogP contribution >= 0.6 is 0 Å². The van der Waals surface area contributed by atoms with Gasteiger partial charge in [-0.2, -0.15) is 0 Å². The summed E-state index contributed by atoms with van der Waals surface area (Å²) in [4.78, 5) is 0. The van der Waals surface area contributed by atoms with Crippen molar-refractivity contribution in [2.45, 2.75) is 60.4 Å². The van der Waals surface area contributed by atoms with E-state index in [1.54, 1.807) is 0 Å². The van der Waals surface area contributed by atoms with Gasteiger partial charge in [0, 0.05) is 12.6 Å². The van der Waals surface area contributed by atoms with E-state index >= 15 is 0 Å². The van der Waals surface area contributed by atoms with Crippen LogP contribution in [0.15, 0.2) is 0 Å². The molecule has 0 saturated carbocycles. The van der Waals surface area contributed by atoms with Crippen LogP contribution in [0.25, 0.3) is 0 Å². The highest BCUT2D eigenvalue weighted by molar-refractivity contribution is 4.76. The second kappa shape index (κ2) is 8.92. The van der Waals surface area contributed by atoms with Gasteiger partial charge in [0.05, 0.1) is 0 Å². The molecule has 18 heavy (non-hydrogen) atoms. The molecule has 0 saturated heterocycles. The summed E-state index contributed by atoms with van der Waals surface area (Å²) in [5.74, 6) is 1.51. The lowest BCUT2D eigenvalue weighted by Crippen LogP contribution is -2.37. The molecule has 2 unspecified atom stereocenters. The van der Waals surface area contributed by atoms with Crippen molar-refractivity contribution in [2.75, 3.05) is 19.6 Å². The van der Waals surface area contributed by atoms with E-state index in [-0.39, 0.29) is 0 Å². The molecule has 0 rings (SSSR count). The maximum atomic E-state index is 4.18. The molecule has 2 N–H and O–H groups in total. The summed E-state index contributed by atoms with van der Waals surface area (Å²) in [5.41, 5.74) is 0.384. The summed E-state index contributed by atoms with van der Waals surface area (Å²) in [5, 5.41) is 7.06. The van der Waals surface area contributed by atoms with Crippen molar-refractivity contribution in [3.8, 4) is 0 Å². The molecule has 0 spiro atoms. The van der Waals surface area contributed by atoms with Crippen LogP contribution < -0.4 is 10.6 Å². The highest BCUT2D eigenvalue weighted by Crippen LogP contribution is 2.18. The largest absolute Gasteiger partial charge is 0.316 e. The van der Waals surface area contributed by atoms with E-state index in [9.17, 15) is 0 Å². The number of hydrogen-bond donors (Lipinski definition) is 2. The first-order valence-corrected chi connectivity index (χ1v) is 7.55. The molecule has 0 aromatic heterocycles. The lowest BCUT2D eigenvalue weighted by Gasteiger charge is -2.26. The molecule has 1 radical (unpaired) electrons. The molecule has 0 amide bonds. The van der Waals surface area contributed by atoms with Crippen LogP contribution in [0.4, 0.5) is 0 Å². The molecular weight excluding hydrogens is 220 g/mol. The molecule has 0 aliphatic heterocycles. The van der Waals surface area contributed by atoms with Gasteiger partial charge in [0.15, 0.2) is 0 Å². The summed E-state index contributed by atoms with van der Waals surface area (Å²) in [7, 11) is 0. The minimum atomic E-state index is 0.359. The fourth-order valence-electron chi connectivity index (χ4n) is 1.49. The number of rotatable bonds is 10. The standard InChI is InChI=1S/C16H35N2/c1-8-16(6,7)12-18-15(5)9-10-17-11-14(4)13(2)3/h13-15,17-18H,5,8-12H2,1-4,6-7H3. The van der Waals surface area contributed by atoms with Crippen LogP contribution in [0, 0.1) is 24.2 Å². The zero-order valence-electron chi connectivity index (χ0n) is 13.5. The average molecular weight is 255 g/mol. The topological polar surface area (TPSA) is 24.1 Å². The van der Waals surface area contributed by atoms with Gasteiger partial charge in [0.25, 0.3) is 0 Å². The van der Waals surface area contributed by atoms with Crippen molar-refractivity contribution in [2.24, 2.45) is 17.3 Å². The SMILES string of the molecule is [CH2]C(CCNCC(C)C(C)C)NCC(C)(C)CC. The van der Waals surface area contributed by atoms with Gasteiger partial charge < -0.3 is 10.6 Å². The third-order valence-electron chi connectivity index (χ3n) is 4.10. The van der Waals surface area contributed by atoms with Crippen LogP contribution in [-0.4, -0.2) is 25.7 Å². The Morgan fingerprint density at radius 3 is 2.28 bits per heavy atom. The third-order valence-corrected chi connectivity index (χ3v) is 4.10. The second-order valence-corrected chi connectivity index (χ2v) is 6.81. The van der Waals surface area contributed by atoms with Gasteiger partial charge in [-0.3, -0.25) is 0 Å². The zero-order chi connectivity index (χ0) is 14.2. The molecule has 109 valence electrons. The maximum Gasteiger partial charge on any atom is 0.00799 e. The predicted molar refractivity (Wildman–Crippen MR) is 82.7 cm³/mol. The van der Waals surface area contributed by atoms with E-state index in [1.165, 1.54) is 6.42 Å². The minimum Gasteiger partial charge on any atom is -0.316 e. The molecule has 0 fully saturated rings. The van der Waals surface area contributed by atoms with Gasteiger partial charge in [-0.1, -0.05) is 41.5 Å². The first kappa shape index (κ1) is 17.9. The first-order chi connectivity index (χ1) is 8.28.